The molecular formula is C23H22ClFN4S. The smallest absolute Gasteiger partial charge is 0.131 e. The normalized spacial score (nSPS) is 15.8. The Labute approximate surface area is 183 Å². The van der Waals surface area contributed by atoms with Crippen molar-refractivity contribution in [1.82, 2.24) is 19.8 Å². The molecule has 1 saturated heterocycles. The highest BCUT2D eigenvalue weighted by Gasteiger charge is 2.18. The minimum atomic E-state index is -0.198. The topological polar surface area (TPSA) is 35.2 Å². The minimum Gasteiger partial charge on any atom is -0.357 e. The zero-order valence-electron chi connectivity index (χ0n) is 16.4. The van der Waals surface area contributed by atoms with E-state index in [2.05, 4.69) is 25.8 Å². The third kappa shape index (κ3) is 4.27. The van der Waals surface area contributed by atoms with Crippen LogP contribution in [-0.4, -0.2) is 45.9 Å². The molecule has 4 nitrogen and oxygen atoms in total. The fourth-order valence-corrected chi connectivity index (χ4v) is 5.10. The molecule has 3 aromatic heterocycles. The van der Waals surface area contributed by atoms with Crippen LogP contribution in [0.25, 0.3) is 21.3 Å². The van der Waals surface area contributed by atoms with Gasteiger partial charge < -0.3 is 4.98 Å². The molecule has 5 rings (SSSR count). The van der Waals surface area contributed by atoms with Gasteiger partial charge in [-0.15, -0.1) is 11.3 Å². The number of piperazine rings is 1. The van der Waals surface area contributed by atoms with Crippen LogP contribution in [-0.2, 0) is 13.1 Å². The molecule has 1 aromatic carbocycles. The lowest BCUT2D eigenvalue weighted by Gasteiger charge is -2.34. The van der Waals surface area contributed by atoms with Gasteiger partial charge in [0, 0.05) is 78.7 Å². The first-order valence-electron chi connectivity index (χ1n) is 10.0. The van der Waals surface area contributed by atoms with Crippen molar-refractivity contribution < 1.29 is 4.39 Å². The molecular weight excluding hydrogens is 419 g/mol. The Hall–Kier alpha value is -2.25. The maximum Gasteiger partial charge on any atom is 0.131 e. The first-order valence-corrected chi connectivity index (χ1v) is 11.2. The quantitative estimate of drug-likeness (QED) is 0.451. The molecule has 154 valence electrons. The molecule has 1 fully saturated rings. The molecule has 1 aliphatic heterocycles. The summed E-state index contributed by atoms with van der Waals surface area (Å²) in [5.41, 5.74) is 4.13. The number of hydrogen-bond donors (Lipinski definition) is 1. The van der Waals surface area contributed by atoms with Crippen LogP contribution in [0, 0.1) is 5.82 Å². The van der Waals surface area contributed by atoms with Crippen LogP contribution in [0.1, 0.15) is 11.3 Å². The summed E-state index contributed by atoms with van der Waals surface area (Å²) in [5.74, 6) is -0.198. The molecule has 7 heteroatoms. The van der Waals surface area contributed by atoms with Gasteiger partial charge in [0.25, 0.3) is 0 Å². The largest absolute Gasteiger partial charge is 0.357 e. The number of thiophene rings is 1. The van der Waals surface area contributed by atoms with E-state index in [0.717, 1.165) is 60.6 Å². The minimum absolute atomic E-state index is 0.198. The van der Waals surface area contributed by atoms with Crippen LogP contribution >= 0.6 is 22.9 Å². The third-order valence-electron chi connectivity index (χ3n) is 5.61. The van der Waals surface area contributed by atoms with Gasteiger partial charge in [0.2, 0.25) is 0 Å². The van der Waals surface area contributed by atoms with Crippen LogP contribution < -0.4 is 0 Å². The maximum absolute atomic E-state index is 14.3. The Bertz CT molecular complexity index is 1130. The first-order chi connectivity index (χ1) is 14.6. The number of hydrogen-bond acceptors (Lipinski definition) is 4. The van der Waals surface area contributed by atoms with Gasteiger partial charge in [0.05, 0.1) is 4.34 Å². The summed E-state index contributed by atoms with van der Waals surface area (Å²) in [6.07, 6.45) is 3.71. The Morgan fingerprint density at radius 2 is 1.80 bits per heavy atom. The van der Waals surface area contributed by atoms with Gasteiger partial charge in [-0.2, -0.15) is 0 Å². The second-order valence-corrected chi connectivity index (χ2v) is 9.44. The number of fused-ring (bicyclic) bond motifs is 1. The van der Waals surface area contributed by atoms with Gasteiger partial charge in [-0.05, 0) is 42.0 Å². The number of rotatable bonds is 5. The number of H-pyrrole nitrogens is 1. The average Bonchev–Trinajstić information content (AvgIpc) is 3.36. The van der Waals surface area contributed by atoms with Gasteiger partial charge >= 0.3 is 0 Å². The summed E-state index contributed by atoms with van der Waals surface area (Å²) in [6.45, 7) is 5.78. The molecule has 0 aliphatic carbocycles. The molecule has 0 amide bonds. The zero-order chi connectivity index (χ0) is 20.5. The van der Waals surface area contributed by atoms with E-state index >= 15 is 0 Å². The van der Waals surface area contributed by atoms with E-state index in [9.17, 15) is 4.39 Å². The molecule has 0 atom stereocenters. The van der Waals surface area contributed by atoms with Gasteiger partial charge in [0.15, 0.2) is 0 Å². The van der Waals surface area contributed by atoms with Gasteiger partial charge in [0.1, 0.15) is 5.82 Å². The fourth-order valence-electron chi connectivity index (χ4n) is 4.04. The zero-order valence-corrected chi connectivity index (χ0v) is 18.0. The molecule has 0 bridgehead atoms. The van der Waals surface area contributed by atoms with Crippen molar-refractivity contribution in [2.45, 2.75) is 13.1 Å². The summed E-state index contributed by atoms with van der Waals surface area (Å²) in [7, 11) is 0. The van der Waals surface area contributed by atoms with E-state index in [-0.39, 0.29) is 5.82 Å². The SMILES string of the molecule is Fc1ccc(CN2CCN(Cc3cc4cnccc4[nH]3)CC2)cc1-c1ccc(Cl)s1. The predicted octanol–water partition coefficient (Wildman–Crippen LogP) is 5.40. The van der Waals surface area contributed by atoms with Crippen LogP contribution in [0.4, 0.5) is 4.39 Å². The molecule has 4 heterocycles. The molecule has 0 saturated carbocycles. The number of benzene rings is 1. The number of aromatic nitrogens is 2. The highest BCUT2D eigenvalue weighted by Crippen LogP contribution is 2.33. The maximum atomic E-state index is 14.3. The van der Waals surface area contributed by atoms with E-state index in [1.165, 1.54) is 17.0 Å². The molecule has 4 aromatic rings. The van der Waals surface area contributed by atoms with Crippen molar-refractivity contribution in [2.75, 3.05) is 26.2 Å². The Balaban J connectivity index is 1.20. The Morgan fingerprint density at radius 1 is 1.00 bits per heavy atom. The fraction of sp³-hybridized carbons (Fsp3) is 0.261. The summed E-state index contributed by atoms with van der Waals surface area (Å²) >= 11 is 7.44. The van der Waals surface area contributed by atoms with Crippen molar-refractivity contribution in [2.24, 2.45) is 0 Å². The Kier molecular flexibility index (Phi) is 5.56. The third-order valence-corrected chi connectivity index (χ3v) is 6.88. The lowest BCUT2D eigenvalue weighted by Crippen LogP contribution is -2.45. The average molecular weight is 441 g/mol. The van der Waals surface area contributed by atoms with Crippen LogP contribution in [0.2, 0.25) is 4.34 Å². The second-order valence-electron chi connectivity index (χ2n) is 7.73. The van der Waals surface area contributed by atoms with Crippen molar-refractivity contribution >= 4 is 33.8 Å². The van der Waals surface area contributed by atoms with Crippen molar-refractivity contribution in [3.8, 4) is 10.4 Å². The van der Waals surface area contributed by atoms with Crippen molar-refractivity contribution in [3.05, 3.63) is 76.3 Å². The predicted molar refractivity (Wildman–Crippen MR) is 121 cm³/mol. The van der Waals surface area contributed by atoms with Crippen LogP contribution in [0.5, 0.6) is 0 Å². The monoisotopic (exact) mass is 440 g/mol. The van der Waals surface area contributed by atoms with E-state index in [0.29, 0.717) is 9.90 Å². The van der Waals surface area contributed by atoms with E-state index < -0.39 is 0 Å². The van der Waals surface area contributed by atoms with E-state index in [1.807, 2.05) is 42.7 Å². The standard InChI is InChI=1S/C23H22ClFN4S/c24-23-4-3-22(30-23)19-11-16(1-2-20(19)25)14-28-7-9-29(10-8-28)15-18-12-17-13-26-6-5-21(17)27-18/h1-6,11-13,27H,7-10,14-15H2. The summed E-state index contributed by atoms with van der Waals surface area (Å²) in [6, 6.07) is 13.3. The molecule has 0 unspecified atom stereocenters. The number of halogens is 2. The number of nitrogens with one attached hydrogen (secondary N) is 1. The Morgan fingerprint density at radius 3 is 2.53 bits per heavy atom. The second kappa shape index (κ2) is 8.47. The van der Waals surface area contributed by atoms with Crippen molar-refractivity contribution in [3.63, 3.8) is 0 Å². The van der Waals surface area contributed by atoms with Crippen LogP contribution in [0.3, 0.4) is 0 Å². The van der Waals surface area contributed by atoms with Gasteiger partial charge in [-0.1, -0.05) is 17.7 Å². The van der Waals surface area contributed by atoms with Crippen molar-refractivity contribution in [1.29, 1.82) is 0 Å². The first kappa shape index (κ1) is 19.7. The highest BCUT2D eigenvalue weighted by molar-refractivity contribution is 7.19. The molecule has 0 spiro atoms. The van der Waals surface area contributed by atoms with Crippen LogP contribution in [0.15, 0.2) is 54.9 Å². The van der Waals surface area contributed by atoms with E-state index in [4.69, 9.17) is 11.6 Å². The molecule has 1 aliphatic rings. The van der Waals surface area contributed by atoms with E-state index in [1.54, 1.807) is 6.07 Å². The molecule has 1 N–H and O–H groups in total. The number of aromatic amines is 1. The molecule has 0 radical (unpaired) electrons. The number of pyridine rings is 1. The lowest BCUT2D eigenvalue weighted by atomic mass is 10.1. The molecule has 30 heavy (non-hydrogen) atoms. The lowest BCUT2D eigenvalue weighted by molar-refractivity contribution is 0.121. The summed E-state index contributed by atoms with van der Waals surface area (Å²) in [5, 5.41) is 1.16. The van der Waals surface area contributed by atoms with Gasteiger partial charge in [-0.25, -0.2) is 4.39 Å². The van der Waals surface area contributed by atoms with Gasteiger partial charge in [-0.3, -0.25) is 14.8 Å². The highest BCUT2D eigenvalue weighted by atomic mass is 35.5. The number of nitrogens with zero attached hydrogens (tertiary/aromatic N) is 3. The summed E-state index contributed by atoms with van der Waals surface area (Å²) in [4.78, 5) is 13.4. The summed E-state index contributed by atoms with van der Waals surface area (Å²) < 4.78 is 15.0.